The first-order valence-electron chi connectivity index (χ1n) is 7.42. The minimum atomic E-state index is -0.646. The predicted molar refractivity (Wildman–Crippen MR) is 88.8 cm³/mol. The monoisotopic (exact) mass is 288 g/mol. The average molecular weight is 288 g/mol. The van der Waals surface area contributed by atoms with Gasteiger partial charge >= 0.3 is 0 Å². The van der Waals surface area contributed by atoms with Gasteiger partial charge in [0.05, 0.1) is 0 Å². The molecule has 0 heterocycles. The highest BCUT2D eigenvalue weighted by atomic mass is 16.5. The van der Waals surface area contributed by atoms with E-state index >= 15 is 0 Å². The molecule has 1 aliphatic carbocycles. The number of aliphatic hydroxyl groups excluding tert-OH is 1. The molecule has 2 nitrogen and oxygen atoms in total. The van der Waals surface area contributed by atoms with Crippen molar-refractivity contribution in [2.75, 3.05) is 0 Å². The molecule has 2 atom stereocenters. The van der Waals surface area contributed by atoms with E-state index in [1.54, 1.807) is 0 Å². The summed E-state index contributed by atoms with van der Waals surface area (Å²) in [5.74, 6) is 0.770. The van der Waals surface area contributed by atoms with Gasteiger partial charge in [0.2, 0.25) is 0 Å². The molecule has 0 radical (unpaired) electrons. The van der Waals surface area contributed by atoms with Crippen molar-refractivity contribution in [3.63, 3.8) is 0 Å². The summed E-state index contributed by atoms with van der Waals surface area (Å²) in [6.45, 7) is 0. The molecule has 1 N–H and O–H groups in total. The summed E-state index contributed by atoms with van der Waals surface area (Å²) in [6.07, 6.45) is 2.92. The van der Waals surface area contributed by atoms with Crippen LogP contribution in [-0.4, -0.2) is 11.2 Å². The molecule has 0 amide bonds. The molecule has 0 fully saturated rings. The molecule has 108 valence electrons. The van der Waals surface area contributed by atoms with Crippen molar-refractivity contribution in [2.24, 2.45) is 0 Å². The smallest absolute Gasteiger partial charge is 0.147 e. The second-order valence-corrected chi connectivity index (χ2v) is 5.52. The number of fused-ring (bicyclic) bond motifs is 2. The summed E-state index contributed by atoms with van der Waals surface area (Å²) in [5.41, 5.74) is 1.96. The molecule has 0 spiro atoms. The van der Waals surface area contributed by atoms with Gasteiger partial charge < -0.3 is 9.84 Å². The number of rotatable bonds is 2. The zero-order valence-electron chi connectivity index (χ0n) is 12.0. The average Bonchev–Trinajstić information content (AvgIpc) is 2.57. The third-order valence-electron chi connectivity index (χ3n) is 4.08. The van der Waals surface area contributed by atoms with Gasteiger partial charge in [-0.1, -0.05) is 60.7 Å². The summed E-state index contributed by atoms with van der Waals surface area (Å²) >= 11 is 0. The van der Waals surface area contributed by atoms with Crippen LogP contribution in [-0.2, 0) is 0 Å². The van der Waals surface area contributed by atoms with Crippen molar-refractivity contribution < 1.29 is 9.84 Å². The molecule has 3 aromatic rings. The van der Waals surface area contributed by atoms with Crippen LogP contribution in [0.15, 0.2) is 72.8 Å². The summed E-state index contributed by atoms with van der Waals surface area (Å²) in [5, 5.41) is 12.8. The lowest BCUT2D eigenvalue weighted by Crippen LogP contribution is -2.25. The topological polar surface area (TPSA) is 29.5 Å². The van der Waals surface area contributed by atoms with Crippen LogP contribution < -0.4 is 4.74 Å². The number of aliphatic hydroxyl groups is 1. The second-order valence-electron chi connectivity index (χ2n) is 5.52. The second kappa shape index (κ2) is 5.32. The van der Waals surface area contributed by atoms with Crippen molar-refractivity contribution in [1.29, 1.82) is 0 Å². The van der Waals surface area contributed by atoms with Crippen LogP contribution in [0, 0.1) is 0 Å². The Kier molecular flexibility index (Phi) is 3.17. The Labute approximate surface area is 129 Å². The standard InChI is InChI=1S/C20H16O2/c21-20-18-8-4-3-6-15(18)10-12-19(20)22-17-11-9-14-5-1-2-7-16(14)13-17/h1-13,19-21H/t19-,20+/m1/s1. The van der Waals surface area contributed by atoms with E-state index in [4.69, 9.17) is 4.74 Å². The molecule has 4 rings (SSSR count). The highest BCUT2D eigenvalue weighted by molar-refractivity contribution is 5.83. The number of hydrogen-bond donors (Lipinski definition) is 1. The van der Waals surface area contributed by atoms with Gasteiger partial charge in [0.15, 0.2) is 0 Å². The van der Waals surface area contributed by atoms with Gasteiger partial charge in [0, 0.05) is 0 Å². The van der Waals surface area contributed by atoms with Gasteiger partial charge in [-0.25, -0.2) is 0 Å². The first kappa shape index (κ1) is 13.1. The van der Waals surface area contributed by atoms with Crippen LogP contribution >= 0.6 is 0 Å². The maximum atomic E-state index is 10.5. The molecule has 0 saturated heterocycles. The Bertz CT molecular complexity index is 851. The highest BCUT2D eigenvalue weighted by Crippen LogP contribution is 2.31. The van der Waals surface area contributed by atoms with E-state index in [1.165, 1.54) is 5.39 Å². The van der Waals surface area contributed by atoms with Gasteiger partial charge in [-0.3, -0.25) is 0 Å². The van der Waals surface area contributed by atoms with Crippen molar-refractivity contribution >= 4 is 16.8 Å². The molecule has 3 aromatic carbocycles. The van der Waals surface area contributed by atoms with E-state index in [-0.39, 0.29) is 6.10 Å². The third kappa shape index (κ3) is 2.28. The predicted octanol–water partition coefficient (Wildman–Crippen LogP) is 4.35. The van der Waals surface area contributed by atoms with Crippen molar-refractivity contribution in [2.45, 2.75) is 12.2 Å². The van der Waals surface area contributed by atoms with E-state index < -0.39 is 6.10 Å². The Hall–Kier alpha value is -2.58. The first-order valence-corrected chi connectivity index (χ1v) is 7.42. The Morgan fingerprint density at radius 2 is 1.59 bits per heavy atom. The lowest BCUT2D eigenvalue weighted by molar-refractivity contribution is 0.0624. The van der Waals surface area contributed by atoms with Gasteiger partial charge in [0.1, 0.15) is 18.0 Å². The van der Waals surface area contributed by atoms with Gasteiger partial charge in [0.25, 0.3) is 0 Å². The summed E-state index contributed by atoms with van der Waals surface area (Å²) in [6, 6.07) is 22.0. The largest absolute Gasteiger partial charge is 0.483 e. The van der Waals surface area contributed by atoms with Crippen molar-refractivity contribution in [3.05, 3.63) is 83.9 Å². The van der Waals surface area contributed by atoms with Crippen LogP contribution in [0.2, 0.25) is 0 Å². The van der Waals surface area contributed by atoms with Gasteiger partial charge in [-0.15, -0.1) is 0 Å². The molecule has 2 heteroatoms. The molecule has 0 aliphatic heterocycles. The molecule has 0 saturated carbocycles. The maximum absolute atomic E-state index is 10.5. The fourth-order valence-corrected chi connectivity index (χ4v) is 2.91. The normalized spacial score (nSPS) is 19.9. The van der Waals surface area contributed by atoms with Gasteiger partial charge in [-0.2, -0.15) is 0 Å². The molecule has 0 bridgehead atoms. The number of benzene rings is 3. The zero-order valence-corrected chi connectivity index (χ0v) is 12.0. The van der Waals surface area contributed by atoms with E-state index in [9.17, 15) is 5.11 Å². The summed E-state index contributed by atoms with van der Waals surface area (Å²) in [4.78, 5) is 0. The molecule has 22 heavy (non-hydrogen) atoms. The highest BCUT2D eigenvalue weighted by Gasteiger charge is 2.25. The first-order chi connectivity index (χ1) is 10.8. The Morgan fingerprint density at radius 3 is 2.50 bits per heavy atom. The van der Waals surface area contributed by atoms with E-state index in [2.05, 4.69) is 12.1 Å². The van der Waals surface area contributed by atoms with Crippen molar-refractivity contribution in [1.82, 2.24) is 0 Å². The maximum Gasteiger partial charge on any atom is 0.147 e. The summed E-state index contributed by atoms with van der Waals surface area (Å²) < 4.78 is 6.00. The zero-order chi connectivity index (χ0) is 14.9. The molecule has 0 aromatic heterocycles. The summed E-state index contributed by atoms with van der Waals surface area (Å²) in [7, 11) is 0. The van der Waals surface area contributed by atoms with Crippen molar-refractivity contribution in [3.8, 4) is 5.75 Å². The van der Waals surface area contributed by atoms with Crippen LogP contribution in [0.25, 0.3) is 16.8 Å². The molecule has 1 aliphatic rings. The molecule has 0 unspecified atom stereocenters. The Morgan fingerprint density at radius 1 is 0.818 bits per heavy atom. The van der Waals surface area contributed by atoms with Crippen LogP contribution in [0.1, 0.15) is 17.2 Å². The van der Waals surface area contributed by atoms with Crippen LogP contribution in [0.5, 0.6) is 5.75 Å². The van der Waals surface area contributed by atoms with E-state index in [0.29, 0.717) is 0 Å². The Balaban J connectivity index is 1.63. The third-order valence-corrected chi connectivity index (χ3v) is 4.08. The fraction of sp³-hybridized carbons (Fsp3) is 0.100. The number of ether oxygens (including phenoxy) is 1. The van der Waals surface area contributed by atoms with Crippen LogP contribution in [0.3, 0.4) is 0 Å². The SMILES string of the molecule is O[C@H]1c2ccccc2C=C[C@H]1Oc1ccc2ccccc2c1. The molecular weight excluding hydrogens is 272 g/mol. The van der Waals surface area contributed by atoms with E-state index in [0.717, 1.165) is 22.3 Å². The van der Waals surface area contributed by atoms with Crippen LogP contribution in [0.4, 0.5) is 0 Å². The van der Waals surface area contributed by atoms with Gasteiger partial charge in [-0.05, 0) is 40.1 Å². The lowest BCUT2D eigenvalue weighted by Gasteiger charge is -2.26. The molecular formula is C20H16O2. The van der Waals surface area contributed by atoms with E-state index in [1.807, 2.05) is 66.7 Å². The number of hydrogen-bond acceptors (Lipinski definition) is 2. The lowest BCUT2D eigenvalue weighted by atomic mass is 9.93. The fourth-order valence-electron chi connectivity index (χ4n) is 2.91. The quantitative estimate of drug-likeness (QED) is 0.759. The minimum absolute atomic E-state index is 0.365. The minimum Gasteiger partial charge on any atom is -0.483 e.